The van der Waals surface area contributed by atoms with Gasteiger partial charge in [-0.1, -0.05) is 20.8 Å². The van der Waals surface area contributed by atoms with Gasteiger partial charge in [0, 0.05) is 18.3 Å². The topological polar surface area (TPSA) is 55.8 Å². The smallest absolute Gasteiger partial charge is 0.302 e. The third kappa shape index (κ3) is 2.19. The first kappa shape index (κ1) is 14.8. The molecule has 0 aliphatic carbocycles. The second-order valence-electron chi connectivity index (χ2n) is 7.16. The van der Waals surface area contributed by atoms with Gasteiger partial charge in [-0.3, -0.25) is 4.79 Å². The number of fused-ring (bicyclic) bond motifs is 2. The number of rotatable bonds is 3. The Bertz CT molecular complexity index is 373. The molecule has 4 nitrogen and oxygen atoms in total. The first-order valence-electron chi connectivity index (χ1n) is 7.10. The van der Waals surface area contributed by atoms with Crippen molar-refractivity contribution < 1.29 is 19.4 Å². The molecular weight excluding hydrogens is 244 g/mol. The second-order valence-corrected chi connectivity index (χ2v) is 7.16. The molecule has 6 atom stereocenters. The van der Waals surface area contributed by atoms with E-state index in [1.54, 1.807) is 0 Å². The zero-order valence-electron chi connectivity index (χ0n) is 12.8. The predicted molar refractivity (Wildman–Crippen MR) is 71.5 cm³/mol. The van der Waals surface area contributed by atoms with Crippen LogP contribution >= 0.6 is 0 Å². The van der Waals surface area contributed by atoms with Gasteiger partial charge in [-0.15, -0.1) is 0 Å². The lowest BCUT2D eigenvalue weighted by atomic mass is 9.57. The molecule has 6 unspecified atom stereocenters. The Kier molecular flexibility index (Phi) is 3.47. The number of esters is 1. The fraction of sp³-hybridized carbons (Fsp3) is 0.933. The molecule has 0 amide bonds. The average molecular weight is 270 g/mol. The van der Waals surface area contributed by atoms with Crippen LogP contribution in [-0.2, 0) is 14.3 Å². The van der Waals surface area contributed by atoms with E-state index in [1.807, 2.05) is 13.8 Å². The first-order chi connectivity index (χ1) is 8.59. The molecule has 0 spiro atoms. The van der Waals surface area contributed by atoms with Crippen molar-refractivity contribution in [2.75, 3.05) is 6.61 Å². The maximum Gasteiger partial charge on any atom is 0.302 e. The summed E-state index contributed by atoms with van der Waals surface area (Å²) in [5.41, 5.74) is -1.16. The Labute approximate surface area is 115 Å². The highest BCUT2D eigenvalue weighted by atomic mass is 16.5. The third-order valence-electron chi connectivity index (χ3n) is 5.17. The lowest BCUT2D eigenvalue weighted by Crippen LogP contribution is -2.55. The predicted octanol–water partition coefficient (Wildman–Crippen LogP) is 2.00. The molecule has 4 heteroatoms. The van der Waals surface area contributed by atoms with E-state index in [-0.39, 0.29) is 29.5 Å². The molecule has 0 saturated carbocycles. The van der Waals surface area contributed by atoms with Crippen molar-refractivity contribution in [3.63, 3.8) is 0 Å². The van der Waals surface area contributed by atoms with Crippen molar-refractivity contribution in [2.24, 2.45) is 23.2 Å². The molecule has 2 heterocycles. The highest BCUT2D eigenvalue weighted by Crippen LogP contribution is 2.59. The van der Waals surface area contributed by atoms with Crippen molar-refractivity contribution in [3.8, 4) is 0 Å². The molecular formula is C15H26O4. The van der Waals surface area contributed by atoms with Gasteiger partial charge in [0.1, 0.15) is 0 Å². The van der Waals surface area contributed by atoms with Crippen LogP contribution in [0.25, 0.3) is 0 Å². The Morgan fingerprint density at radius 2 is 1.95 bits per heavy atom. The van der Waals surface area contributed by atoms with E-state index in [0.717, 1.165) is 0 Å². The normalized spacial score (nSPS) is 45.5. The van der Waals surface area contributed by atoms with Crippen molar-refractivity contribution >= 4 is 5.97 Å². The molecule has 2 bridgehead atoms. The molecule has 0 radical (unpaired) electrons. The standard InChI is InChI=1S/C15H26O4/c1-8-9(2)13-15(6,7-18-10(3)16)12(11(8)19-13)14(4,5)17/h8-9,11-13,17H,7H2,1-6H3. The second kappa shape index (κ2) is 4.45. The maximum atomic E-state index is 11.1. The molecule has 0 aromatic heterocycles. The zero-order valence-corrected chi connectivity index (χ0v) is 12.8. The van der Waals surface area contributed by atoms with Crippen LogP contribution in [0.15, 0.2) is 0 Å². The van der Waals surface area contributed by atoms with E-state index < -0.39 is 5.60 Å². The summed E-state index contributed by atoms with van der Waals surface area (Å²) in [4.78, 5) is 11.1. The summed E-state index contributed by atoms with van der Waals surface area (Å²) in [5, 5.41) is 10.5. The fourth-order valence-electron chi connectivity index (χ4n) is 4.32. The first-order valence-corrected chi connectivity index (χ1v) is 7.10. The van der Waals surface area contributed by atoms with Gasteiger partial charge in [0.25, 0.3) is 0 Å². The van der Waals surface area contributed by atoms with Gasteiger partial charge in [0.05, 0.1) is 24.4 Å². The molecule has 1 N–H and O–H groups in total. The number of ether oxygens (including phenoxy) is 2. The van der Waals surface area contributed by atoms with E-state index >= 15 is 0 Å². The van der Waals surface area contributed by atoms with Crippen molar-refractivity contribution in [3.05, 3.63) is 0 Å². The SMILES string of the molecule is CC(=O)OCC1(C)C2OC(C(C)C2C)C1C(C)(C)O. The van der Waals surface area contributed by atoms with Gasteiger partial charge in [0.15, 0.2) is 0 Å². The molecule has 2 aliphatic rings. The lowest BCUT2D eigenvalue weighted by Gasteiger charge is -2.47. The van der Waals surface area contributed by atoms with Crippen LogP contribution in [0.4, 0.5) is 0 Å². The summed E-state index contributed by atoms with van der Waals surface area (Å²) in [6.07, 6.45) is 0.0869. The van der Waals surface area contributed by atoms with Gasteiger partial charge in [0.2, 0.25) is 0 Å². The maximum absolute atomic E-state index is 11.1. The van der Waals surface area contributed by atoms with Gasteiger partial charge in [-0.05, 0) is 25.7 Å². The highest BCUT2D eigenvalue weighted by molar-refractivity contribution is 5.65. The number of hydrogen-bond donors (Lipinski definition) is 1. The number of aliphatic hydroxyl groups is 1. The van der Waals surface area contributed by atoms with E-state index in [2.05, 4.69) is 20.8 Å². The van der Waals surface area contributed by atoms with Crippen LogP contribution in [0.3, 0.4) is 0 Å². The largest absolute Gasteiger partial charge is 0.465 e. The average Bonchev–Trinajstić information content (AvgIpc) is 2.71. The van der Waals surface area contributed by atoms with Crippen LogP contribution < -0.4 is 0 Å². The Morgan fingerprint density at radius 1 is 1.37 bits per heavy atom. The minimum Gasteiger partial charge on any atom is -0.465 e. The monoisotopic (exact) mass is 270 g/mol. The van der Waals surface area contributed by atoms with Gasteiger partial charge in [-0.25, -0.2) is 0 Å². The van der Waals surface area contributed by atoms with Gasteiger partial charge < -0.3 is 14.6 Å². The number of carbonyl (C=O) groups excluding carboxylic acids is 1. The summed E-state index contributed by atoms with van der Waals surface area (Å²) in [6, 6.07) is 0. The number of hydrogen-bond acceptors (Lipinski definition) is 4. The summed E-state index contributed by atoms with van der Waals surface area (Å²) in [6.45, 7) is 11.8. The summed E-state index contributed by atoms with van der Waals surface area (Å²) >= 11 is 0. The number of carbonyl (C=O) groups is 1. The van der Waals surface area contributed by atoms with Crippen molar-refractivity contribution in [1.29, 1.82) is 0 Å². The minimum atomic E-state index is -0.845. The molecule has 2 rings (SSSR count). The van der Waals surface area contributed by atoms with Crippen LogP contribution in [0.1, 0.15) is 41.5 Å². The van der Waals surface area contributed by atoms with E-state index in [0.29, 0.717) is 18.4 Å². The minimum absolute atomic E-state index is 0.0180. The Morgan fingerprint density at radius 3 is 2.42 bits per heavy atom. The molecule has 19 heavy (non-hydrogen) atoms. The van der Waals surface area contributed by atoms with E-state index in [1.165, 1.54) is 6.92 Å². The molecule has 0 aromatic rings. The van der Waals surface area contributed by atoms with Crippen LogP contribution in [0.2, 0.25) is 0 Å². The summed E-state index contributed by atoms with van der Waals surface area (Å²) < 4.78 is 11.4. The summed E-state index contributed by atoms with van der Waals surface area (Å²) in [5.74, 6) is 0.547. The Balaban J connectivity index is 2.31. The van der Waals surface area contributed by atoms with Crippen LogP contribution in [0, 0.1) is 23.2 Å². The third-order valence-corrected chi connectivity index (χ3v) is 5.17. The zero-order chi connectivity index (χ0) is 14.6. The van der Waals surface area contributed by atoms with Crippen molar-refractivity contribution in [2.45, 2.75) is 59.4 Å². The molecule has 2 aliphatic heterocycles. The van der Waals surface area contributed by atoms with E-state index in [9.17, 15) is 9.90 Å². The molecule has 2 saturated heterocycles. The molecule has 110 valence electrons. The van der Waals surface area contributed by atoms with E-state index in [4.69, 9.17) is 9.47 Å². The van der Waals surface area contributed by atoms with Gasteiger partial charge in [-0.2, -0.15) is 0 Å². The lowest BCUT2D eigenvalue weighted by molar-refractivity contribution is -0.152. The quantitative estimate of drug-likeness (QED) is 0.797. The molecule has 2 fully saturated rings. The summed E-state index contributed by atoms with van der Waals surface area (Å²) in [7, 11) is 0. The fourth-order valence-corrected chi connectivity index (χ4v) is 4.32. The van der Waals surface area contributed by atoms with Gasteiger partial charge >= 0.3 is 5.97 Å². The van der Waals surface area contributed by atoms with Crippen molar-refractivity contribution in [1.82, 2.24) is 0 Å². The highest BCUT2D eigenvalue weighted by Gasteiger charge is 2.66. The Hall–Kier alpha value is -0.610. The van der Waals surface area contributed by atoms with Crippen LogP contribution in [-0.4, -0.2) is 35.5 Å². The molecule has 0 aromatic carbocycles. The van der Waals surface area contributed by atoms with Crippen LogP contribution in [0.5, 0.6) is 0 Å².